The maximum absolute atomic E-state index is 13.5. The fourth-order valence-electron chi connectivity index (χ4n) is 1.11. The van der Waals surface area contributed by atoms with Gasteiger partial charge >= 0.3 is 5.97 Å². The molecule has 0 aliphatic rings. The fraction of sp³-hybridized carbons (Fsp3) is 0.300. The Hall–Kier alpha value is -1.42. The number of halogens is 1. The van der Waals surface area contributed by atoms with Crippen molar-refractivity contribution < 1.29 is 19.4 Å². The molecule has 14 heavy (non-hydrogen) atoms. The van der Waals surface area contributed by atoms with Crippen molar-refractivity contribution >= 4 is 5.97 Å². The zero-order valence-electron chi connectivity index (χ0n) is 7.48. The number of benzene rings is 1. The number of alkyl halides is 1. The summed E-state index contributed by atoms with van der Waals surface area (Å²) in [5.74, 6) is -3.68. The molecule has 2 N–H and O–H groups in total. The molecular weight excluding hydrogens is 187 g/mol. The Morgan fingerprint density at radius 2 is 1.93 bits per heavy atom. The van der Waals surface area contributed by atoms with E-state index in [9.17, 15) is 14.3 Å². The Kier molecular flexibility index (Phi) is 3.19. The van der Waals surface area contributed by atoms with Gasteiger partial charge in [0.05, 0.1) is 6.42 Å². The summed E-state index contributed by atoms with van der Waals surface area (Å²) in [5.41, 5.74) is 0.0845. The molecule has 76 valence electrons. The molecule has 0 spiro atoms. The van der Waals surface area contributed by atoms with Gasteiger partial charge in [-0.2, -0.15) is 0 Å². The Balaban J connectivity index is 2.70. The Bertz CT molecular complexity index is 308. The quantitative estimate of drug-likeness (QED) is 0.773. The van der Waals surface area contributed by atoms with E-state index in [-0.39, 0.29) is 5.56 Å². The molecule has 0 bridgehead atoms. The van der Waals surface area contributed by atoms with Gasteiger partial charge < -0.3 is 10.2 Å². The van der Waals surface area contributed by atoms with Crippen LogP contribution in [0.3, 0.4) is 0 Å². The van der Waals surface area contributed by atoms with E-state index >= 15 is 0 Å². The van der Waals surface area contributed by atoms with E-state index in [0.717, 1.165) is 0 Å². The molecule has 1 unspecified atom stereocenters. The monoisotopic (exact) mass is 198 g/mol. The lowest BCUT2D eigenvalue weighted by Crippen LogP contribution is -2.20. The average molecular weight is 198 g/mol. The second-order valence-electron chi connectivity index (χ2n) is 3.02. The molecule has 3 nitrogen and oxygen atoms in total. The lowest BCUT2D eigenvalue weighted by atomic mass is 10.0. The standard InChI is InChI=1S/C10H11FO3/c11-10(14,7-6-9(12)13)8-4-2-1-3-5-8/h1-5,14H,6-7H2,(H,12,13). The largest absolute Gasteiger partial charge is 0.481 e. The van der Waals surface area contributed by atoms with E-state index in [4.69, 9.17) is 5.11 Å². The molecule has 1 aromatic carbocycles. The second kappa shape index (κ2) is 4.19. The molecule has 0 saturated heterocycles. The molecule has 0 aromatic heterocycles. The molecule has 4 heteroatoms. The van der Waals surface area contributed by atoms with Crippen LogP contribution in [0.2, 0.25) is 0 Å². The van der Waals surface area contributed by atoms with Crippen molar-refractivity contribution in [1.29, 1.82) is 0 Å². The predicted molar refractivity (Wildman–Crippen MR) is 48.3 cm³/mol. The molecule has 0 fully saturated rings. The number of carbonyl (C=O) groups is 1. The van der Waals surface area contributed by atoms with Crippen LogP contribution in [0, 0.1) is 0 Å². The van der Waals surface area contributed by atoms with Crippen molar-refractivity contribution in [2.45, 2.75) is 18.7 Å². The highest BCUT2D eigenvalue weighted by atomic mass is 19.2. The van der Waals surface area contributed by atoms with Gasteiger partial charge in [0.25, 0.3) is 0 Å². The Morgan fingerprint density at radius 1 is 1.36 bits per heavy atom. The van der Waals surface area contributed by atoms with E-state index in [1.165, 1.54) is 12.1 Å². The van der Waals surface area contributed by atoms with Gasteiger partial charge in [-0.3, -0.25) is 4.79 Å². The van der Waals surface area contributed by atoms with Crippen molar-refractivity contribution in [2.75, 3.05) is 0 Å². The highest BCUT2D eigenvalue weighted by Gasteiger charge is 2.28. The van der Waals surface area contributed by atoms with Crippen LogP contribution in [-0.2, 0) is 10.6 Å². The molecule has 0 radical (unpaired) electrons. The number of carboxylic acid groups (broad SMARTS) is 1. The van der Waals surface area contributed by atoms with Gasteiger partial charge in [-0.1, -0.05) is 30.3 Å². The number of carboxylic acids is 1. The zero-order chi connectivity index (χ0) is 10.6. The van der Waals surface area contributed by atoms with Gasteiger partial charge in [-0.15, -0.1) is 0 Å². The van der Waals surface area contributed by atoms with Crippen LogP contribution in [0.25, 0.3) is 0 Å². The average Bonchev–Trinajstić information content (AvgIpc) is 2.16. The van der Waals surface area contributed by atoms with Gasteiger partial charge in [0.15, 0.2) is 0 Å². The number of hydrogen-bond donors (Lipinski definition) is 2. The third-order valence-electron chi connectivity index (χ3n) is 1.89. The summed E-state index contributed by atoms with van der Waals surface area (Å²) >= 11 is 0. The summed E-state index contributed by atoms with van der Waals surface area (Å²) in [5, 5.41) is 17.7. The van der Waals surface area contributed by atoms with Gasteiger partial charge in [0.1, 0.15) is 0 Å². The lowest BCUT2D eigenvalue weighted by Gasteiger charge is -2.17. The molecule has 1 rings (SSSR count). The maximum atomic E-state index is 13.5. The lowest BCUT2D eigenvalue weighted by molar-refractivity contribution is -0.144. The van der Waals surface area contributed by atoms with E-state index < -0.39 is 24.7 Å². The smallest absolute Gasteiger partial charge is 0.303 e. The minimum Gasteiger partial charge on any atom is -0.481 e. The van der Waals surface area contributed by atoms with Crippen molar-refractivity contribution in [2.24, 2.45) is 0 Å². The van der Waals surface area contributed by atoms with Crippen LogP contribution in [0.1, 0.15) is 18.4 Å². The topological polar surface area (TPSA) is 57.5 Å². The summed E-state index contributed by atoms with van der Waals surface area (Å²) in [6.45, 7) is 0. The first-order valence-electron chi connectivity index (χ1n) is 4.21. The van der Waals surface area contributed by atoms with Gasteiger partial charge in [0, 0.05) is 12.0 Å². The highest BCUT2D eigenvalue weighted by molar-refractivity contribution is 5.66. The molecule has 0 saturated carbocycles. The van der Waals surface area contributed by atoms with Gasteiger partial charge in [-0.05, 0) is 0 Å². The molecule has 0 heterocycles. The summed E-state index contributed by atoms with van der Waals surface area (Å²) in [6.07, 6.45) is -0.839. The SMILES string of the molecule is O=C(O)CCC(O)(F)c1ccccc1. The van der Waals surface area contributed by atoms with Crippen molar-refractivity contribution in [3.05, 3.63) is 35.9 Å². The number of aliphatic hydroxyl groups is 1. The predicted octanol–water partition coefficient (Wildman–Crippen LogP) is 1.67. The molecule has 0 aliphatic carbocycles. The highest BCUT2D eigenvalue weighted by Crippen LogP contribution is 2.27. The minimum absolute atomic E-state index is 0.0845. The third kappa shape index (κ3) is 2.81. The van der Waals surface area contributed by atoms with Crippen LogP contribution in [0.4, 0.5) is 4.39 Å². The number of aliphatic carboxylic acids is 1. The first-order chi connectivity index (χ1) is 6.52. The molecule has 1 aromatic rings. The first-order valence-corrected chi connectivity index (χ1v) is 4.21. The van der Waals surface area contributed by atoms with Gasteiger partial charge in [-0.25, -0.2) is 4.39 Å². The summed E-state index contributed by atoms with van der Waals surface area (Å²) in [7, 11) is 0. The van der Waals surface area contributed by atoms with Crippen LogP contribution in [0.15, 0.2) is 30.3 Å². The molecule has 0 amide bonds. The van der Waals surface area contributed by atoms with Crippen LogP contribution < -0.4 is 0 Å². The fourth-order valence-corrected chi connectivity index (χ4v) is 1.11. The van der Waals surface area contributed by atoms with Crippen molar-refractivity contribution in [1.82, 2.24) is 0 Å². The minimum atomic E-state index is -2.56. The maximum Gasteiger partial charge on any atom is 0.303 e. The van der Waals surface area contributed by atoms with Crippen molar-refractivity contribution in [3.8, 4) is 0 Å². The number of hydrogen-bond acceptors (Lipinski definition) is 2. The van der Waals surface area contributed by atoms with E-state index in [1.807, 2.05) is 0 Å². The summed E-state index contributed by atoms with van der Waals surface area (Å²) < 4.78 is 13.5. The van der Waals surface area contributed by atoms with E-state index in [0.29, 0.717) is 0 Å². The van der Waals surface area contributed by atoms with E-state index in [2.05, 4.69) is 0 Å². The molecular formula is C10H11FO3. The molecule has 0 aliphatic heterocycles. The Labute approximate surface area is 80.8 Å². The van der Waals surface area contributed by atoms with Crippen LogP contribution >= 0.6 is 0 Å². The molecule has 1 atom stereocenters. The normalized spacial score (nSPS) is 14.7. The third-order valence-corrected chi connectivity index (χ3v) is 1.89. The summed E-state index contributed by atoms with van der Waals surface area (Å²) in [4.78, 5) is 10.2. The van der Waals surface area contributed by atoms with Crippen molar-refractivity contribution in [3.63, 3.8) is 0 Å². The number of rotatable bonds is 4. The van der Waals surface area contributed by atoms with Crippen LogP contribution in [-0.4, -0.2) is 16.2 Å². The van der Waals surface area contributed by atoms with E-state index in [1.54, 1.807) is 18.2 Å². The Morgan fingerprint density at radius 3 is 2.43 bits per heavy atom. The first kappa shape index (κ1) is 10.7. The van der Waals surface area contributed by atoms with Crippen LogP contribution in [0.5, 0.6) is 0 Å². The zero-order valence-corrected chi connectivity index (χ0v) is 7.48. The second-order valence-corrected chi connectivity index (χ2v) is 3.02. The summed E-state index contributed by atoms with van der Waals surface area (Å²) in [6, 6.07) is 7.70. The van der Waals surface area contributed by atoms with Gasteiger partial charge in [0.2, 0.25) is 5.85 Å².